The molecule has 2 rings (SSSR count). The van der Waals surface area contributed by atoms with Gasteiger partial charge in [0.25, 0.3) is 0 Å². The van der Waals surface area contributed by atoms with Crippen LogP contribution in [0, 0.1) is 30.1 Å². The van der Waals surface area contributed by atoms with Crippen molar-refractivity contribution in [3.05, 3.63) is 23.8 Å². The Labute approximate surface area is 107 Å². The van der Waals surface area contributed by atoms with E-state index in [9.17, 15) is 4.79 Å². The van der Waals surface area contributed by atoms with Crippen LogP contribution in [0.5, 0.6) is 0 Å². The summed E-state index contributed by atoms with van der Waals surface area (Å²) < 4.78 is 11.2. The van der Waals surface area contributed by atoms with Crippen LogP contribution in [0.4, 0.5) is 0 Å². The largest absolute Gasteiger partial charge is 0.344 e. The molecule has 1 unspecified atom stereocenters. The number of hydrogen-bond donors (Lipinski definition) is 0. The fourth-order valence-electron chi connectivity index (χ4n) is 2.21. The smallest absolute Gasteiger partial charge is 0.189 e. The molecule has 0 bridgehead atoms. The Balaban J connectivity index is 2.13. The van der Waals surface area contributed by atoms with Gasteiger partial charge in [0.1, 0.15) is 6.29 Å². The van der Waals surface area contributed by atoms with Crippen molar-refractivity contribution in [2.24, 2.45) is 5.92 Å². The fourth-order valence-corrected chi connectivity index (χ4v) is 2.21. The van der Waals surface area contributed by atoms with E-state index in [1.165, 1.54) is 0 Å². The van der Waals surface area contributed by atoms with E-state index >= 15 is 0 Å². The number of carbonyl (C=O) groups excluding carboxylic acids is 1. The number of hydrogen-bond acceptors (Lipinski definition) is 3. The van der Waals surface area contributed by atoms with Gasteiger partial charge in [-0.1, -0.05) is 17.8 Å². The molecule has 0 radical (unpaired) electrons. The highest BCUT2D eigenvalue weighted by Gasteiger charge is 2.40. The van der Waals surface area contributed by atoms with Crippen molar-refractivity contribution in [2.75, 3.05) is 13.2 Å². The molecule has 1 spiro atoms. The number of rotatable bonds is 1. The van der Waals surface area contributed by atoms with Crippen molar-refractivity contribution in [1.29, 1.82) is 0 Å². The summed E-state index contributed by atoms with van der Waals surface area (Å²) >= 11 is 0. The minimum atomic E-state index is -0.746. The monoisotopic (exact) mass is 242 g/mol. The second-order valence-corrected chi connectivity index (χ2v) is 4.24. The van der Waals surface area contributed by atoms with E-state index in [-0.39, 0.29) is 5.92 Å². The molecule has 1 aliphatic heterocycles. The van der Waals surface area contributed by atoms with Crippen molar-refractivity contribution >= 4 is 6.29 Å². The maximum absolute atomic E-state index is 11.0. The summed E-state index contributed by atoms with van der Waals surface area (Å²) in [5, 5.41) is 0. The molecule has 0 amide bonds. The third-order valence-electron chi connectivity index (χ3n) is 2.90. The molecular formula is C15H14O3. The highest BCUT2D eigenvalue weighted by atomic mass is 16.7. The number of terminal acetylenes is 1. The molecule has 1 heterocycles. The van der Waals surface area contributed by atoms with Gasteiger partial charge in [-0.25, -0.2) is 0 Å². The molecule has 0 aromatic heterocycles. The standard InChI is InChI=1S/C15H14O3/c1-2-3-4-5-6-13-9-14(12-16)11-15(10-13)17-7-8-18-15/h1,3-4,11-13H,7-10H2. The average molecular weight is 242 g/mol. The molecule has 1 atom stereocenters. The summed E-state index contributed by atoms with van der Waals surface area (Å²) in [6.45, 7) is 1.11. The van der Waals surface area contributed by atoms with E-state index in [2.05, 4.69) is 17.8 Å². The van der Waals surface area contributed by atoms with Gasteiger partial charge in [-0.05, 0) is 30.2 Å². The molecule has 2 aliphatic rings. The Bertz CT molecular complexity index is 476. The molecule has 0 aromatic rings. The lowest BCUT2D eigenvalue weighted by Gasteiger charge is -2.31. The average Bonchev–Trinajstić information content (AvgIpc) is 2.82. The van der Waals surface area contributed by atoms with Crippen LogP contribution in [0.2, 0.25) is 0 Å². The highest BCUT2D eigenvalue weighted by Crippen LogP contribution is 2.36. The van der Waals surface area contributed by atoms with Gasteiger partial charge in [-0.3, -0.25) is 4.79 Å². The first-order valence-electron chi connectivity index (χ1n) is 5.85. The van der Waals surface area contributed by atoms with E-state index in [4.69, 9.17) is 15.9 Å². The van der Waals surface area contributed by atoms with Gasteiger partial charge >= 0.3 is 0 Å². The predicted octanol–water partition coefficient (Wildman–Crippen LogP) is 1.46. The Hall–Kier alpha value is -1.81. The quantitative estimate of drug-likeness (QED) is 0.516. The van der Waals surface area contributed by atoms with E-state index in [1.54, 1.807) is 18.2 Å². The summed E-state index contributed by atoms with van der Waals surface area (Å²) in [5.74, 6) is 7.64. The van der Waals surface area contributed by atoms with Gasteiger partial charge < -0.3 is 9.47 Å². The first-order chi connectivity index (χ1) is 8.78. The second-order valence-electron chi connectivity index (χ2n) is 4.24. The van der Waals surface area contributed by atoms with Crippen molar-refractivity contribution < 1.29 is 14.3 Å². The number of aldehydes is 1. The van der Waals surface area contributed by atoms with Gasteiger partial charge in [0.05, 0.1) is 13.2 Å². The first kappa shape index (κ1) is 12.6. The number of allylic oxidation sites excluding steroid dienone is 3. The lowest BCUT2D eigenvalue weighted by molar-refractivity contribution is -0.132. The van der Waals surface area contributed by atoms with Crippen LogP contribution in [-0.4, -0.2) is 25.3 Å². The molecule has 18 heavy (non-hydrogen) atoms. The molecule has 92 valence electrons. The summed E-state index contributed by atoms with van der Waals surface area (Å²) in [6.07, 6.45) is 12.2. The molecule has 0 saturated carbocycles. The van der Waals surface area contributed by atoms with Crippen LogP contribution >= 0.6 is 0 Å². The Morgan fingerprint density at radius 1 is 1.39 bits per heavy atom. The van der Waals surface area contributed by atoms with Crippen molar-refractivity contribution in [3.63, 3.8) is 0 Å². The molecular weight excluding hydrogens is 228 g/mol. The molecule has 3 heteroatoms. The molecule has 1 aliphatic carbocycles. The maximum atomic E-state index is 11.0. The zero-order chi connectivity index (χ0) is 12.8. The van der Waals surface area contributed by atoms with Crippen LogP contribution in [-0.2, 0) is 14.3 Å². The number of ether oxygens (including phenoxy) is 2. The minimum Gasteiger partial charge on any atom is -0.344 e. The van der Waals surface area contributed by atoms with Crippen LogP contribution in [0.25, 0.3) is 0 Å². The Morgan fingerprint density at radius 2 is 2.17 bits per heavy atom. The Morgan fingerprint density at radius 3 is 2.83 bits per heavy atom. The van der Waals surface area contributed by atoms with Crippen molar-refractivity contribution in [3.8, 4) is 24.2 Å². The van der Waals surface area contributed by atoms with Gasteiger partial charge in [-0.15, -0.1) is 6.42 Å². The lowest BCUT2D eigenvalue weighted by Crippen LogP contribution is -2.34. The second kappa shape index (κ2) is 5.69. The fraction of sp³-hybridized carbons (Fsp3) is 0.400. The zero-order valence-electron chi connectivity index (χ0n) is 10.0. The third-order valence-corrected chi connectivity index (χ3v) is 2.90. The van der Waals surface area contributed by atoms with E-state index < -0.39 is 5.79 Å². The summed E-state index contributed by atoms with van der Waals surface area (Å²) in [4.78, 5) is 11.0. The maximum Gasteiger partial charge on any atom is 0.189 e. The van der Waals surface area contributed by atoms with Gasteiger partial charge in [-0.2, -0.15) is 0 Å². The van der Waals surface area contributed by atoms with E-state index in [0.717, 1.165) is 6.29 Å². The molecule has 3 nitrogen and oxygen atoms in total. The van der Waals surface area contributed by atoms with Gasteiger partial charge in [0, 0.05) is 12.3 Å². The predicted molar refractivity (Wildman–Crippen MR) is 67.3 cm³/mol. The van der Waals surface area contributed by atoms with E-state index in [0.29, 0.717) is 31.6 Å². The molecule has 0 N–H and O–H groups in total. The van der Waals surface area contributed by atoms with Crippen molar-refractivity contribution in [1.82, 2.24) is 0 Å². The topological polar surface area (TPSA) is 35.5 Å². The van der Waals surface area contributed by atoms with Gasteiger partial charge in [0.15, 0.2) is 5.79 Å². The van der Waals surface area contributed by atoms with Crippen LogP contribution in [0.3, 0.4) is 0 Å². The molecule has 1 saturated heterocycles. The first-order valence-corrected chi connectivity index (χ1v) is 5.85. The minimum absolute atomic E-state index is 0.0516. The van der Waals surface area contributed by atoms with E-state index in [1.807, 2.05) is 0 Å². The van der Waals surface area contributed by atoms with Crippen molar-refractivity contribution in [2.45, 2.75) is 18.6 Å². The summed E-state index contributed by atoms with van der Waals surface area (Å²) in [7, 11) is 0. The van der Waals surface area contributed by atoms with Crippen LogP contribution in [0.15, 0.2) is 23.8 Å². The zero-order valence-corrected chi connectivity index (χ0v) is 10.0. The third kappa shape index (κ3) is 2.90. The summed E-state index contributed by atoms with van der Waals surface area (Å²) in [5.41, 5.74) is 0.684. The highest BCUT2D eigenvalue weighted by molar-refractivity contribution is 5.74. The molecule has 0 aromatic carbocycles. The SMILES string of the molecule is C#CC=CC#CC1CC(C=O)=CC2(C1)OCCO2. The summed E-state index contributed by atoms with van der Waals surface area (Å²) in [6, 6.07) is 0. The number of carbonyl (C=O) groups is 1. The molecule has 1 fully saturated rings. The Kier molecular flexibility index (Phi) is 3.99. The van der Waals surface area contributed by atoms with Crippen LogP contribution in [0.1, 0.15) is 12.8 Å². The normalized spacial score (nSPS) is 25.3. The lowest BCUT2D eigenvalue weighted by atomic mass is 9.86. The van der Waals surface area contributed by atoms with Gasteiger partial charge in [0.2, 0.25) is 0 Å². The van der Waals surface area contributed by atoms with Crippen LogP contribution < -0.4 is 0 Å².